The molecule has 1 heterocycles. The number of rotatable bonds is 6. The SMILES string of the molecule is COc1ccc(CNCc2ccc(Br)cn2)cc1OC. The third-order valence-corrected chi connectivity index (χ3v) is 3.34. The van der Waals surface area contributed by atoms with Crippen molar-refractivity contribution in [2.45, 2.75) is 13.1 Å². The minimum Gasteiger partial charge on any atom is -0.493 e. The number of pyridine rings is 1. The normalized spacial score (nSPS) is 10.3. The van der Waals surface area contributed by atoms with Gasteiger partial charge in [-0.3, -0.25) is 4.98 Å². The quantitative estimate of drug-likeness (QED) is 0.879. The second-order valence-corrected chi connectivity index (χ2v) is 5.18. The number of hydrogen-bond acceptors (Lipinski definition) is 4. The standard InChI is InChI=1S/C15H17BrN2O2/c1-19-14-6-3-11(7-15(14)20-2)8-17-10-13-5-4-12(16)9-18-13/h3-7,9,17H,8,10H2,1-2H3. The van der Waals surface area contributed by atoms with Gasteiger partial charge in [0, 0.05) is 23.8 Å². The fourth-order valence-corrected chi connectivity index (χ4v) is 2.07. The lowest BCUT2D eigenvalue weighted by atomic mass is 10.2. The van der Waals surface area contributed by atoms with Crippen LogP contribution in [0.15, 0.2) is 41.0 Å². The average molecular weight is 337 g/mol. The summed E-state index contributed by atoms with van der Waals surface area (Å²) in [4.78, 5) is 4.32. The zero-order chi connectivity index (χ0) is 14.4. The summed E-state index contributed by atoms with van der Waals surface area (Å²) >= 11 is 3.37. The molecule has 0 amide bonds. The first-order chi connectivity index (χ1) is 9.72. The predicted molar refractivity (Wildman–Crippen MR) is 82.0 cm³/mol. The summed E-state index contributed by atoms with van der Waals surface area (Å²) < 4.78 is 11.5. The van der Waals surface area contributed by atoms with Crippen molar-refractivity contribution in [1.82, 2.24) is 10.3 Å². The van der Waals surface area contributed by atoms with Gasteiger partial charge in [0.2, 0.25) is 0 Å². The Balaban J connectivity index is 1.92. The lowest BCUT2D eigenvalue weighted by Gasteiger charge is -2.10. The van der Waals surface area contributed by atoms with Crippen LogP contribution in [0.3, 0.4) is 0 Å². The number of nitrogens with zero attached hydrogens (tertiary/aromatic N) is 1. The lowest BCUT2D eigenvalue weighted by Crippen LogP contribution is -2.13. The molecule has 5 heteroatoms. The molecular formula is C15H17BrN2O2. The first-order valence-corrected chi connectivity index (χ1v) is 7.04. The van der Waals surface area contributed by atoms with Crippen LogP contribution in [0.1, 0.15) is 11.3 Å². The van der Waals surface area contributed by atoms with Gasteiger partial charge in [-0.2, -0.15) is 0 Å². The van der Waals surface area contributed by atoms with E-state index in [9.17, 15) is 0 Å². The van der Waals surface area contributed by atoms with Gasteiger partial charge in [-0.15, -0.1) is 0 Å². The summed E-state index contributed by atoms with van der Waals surface area (Å²) in [5.41, 5.74) is 2.15. The number of nitrogens with one attached hydrogen (secondary N) is 1. The van der Waals surface area contributed by atoms with E-state index in [0.29, 0.717) is 0 Å². The Morgan fingerprint density at radius 3 is 2.50 bits per heavy atom. The minimum atomic E-state index is 0.724. The van der Waals surface area contributed by atoms with Crippen LogP contribution in [0.2, 0.25) is 0 Å². The van der Waals surface area contributed by atoms with Gasteiger partial charge in [0.05, 0.1) is 19.9 Å². The van der Waals surface area contributed by atoms with E-state index >= 15 is 0 Å². The summed E-state index contributed by atoms with van der Waals surface area (Å²) in [6.07, 6.45) is 1.80. The molecule has 1 aromatic heterocycles. The van der Waals surface area contributed by atoms with Gasteiger partial charge in [0.25, 0.3) is 0 Å². The summed E-state index contributed by atoms with van der Waals surface area (Å²) in [6, 6.07) is 9.88. The van der Waals surface area contributed by atoms with Crippen molar-refractivity contribution in [1.29, 1.82) is 0 Å². The van der Waals surface area contributed by atoms with Crippen LogP contribution in [-0.2, 0) is 13.1 Å². The number of methoxy groups -OCH3 is 2. The third kappa shape index (κ3) is 3.95. The van der Waals surface area contributed by atoms with E-state index in [1.807, 2.05) is 30.3 Å². The molecule has 0 saturated carbocycles. The van der Waals surface area contributed by atoms with Crippen LogP contribution >= 0.6 is 15.9 Å². The van der Waals surface area contributed by atoms with Crippen LogP contribution < -0.4 is 14.8 Å². The Labute approximate surface area is 127 Å². The molecule has 0 saturated heterocycles. The maximum absolute atomic E-state index is 5.28. The molecule has 1 N–H and O–H groups in total. The van der Waals surface area contributed by atoms with Gasteiger partial charge >= 0.3 is 0 Å². The predicted octanol–water partition coefficient (Wildman–Crippen LogP) is 3.15. The highest BCUT2D eigenvalue weighted by Gasteiger charge is 2.04. The smallest absolute Gasteiger partial charge is 0.161 e. The van der Waals surface area contributed by atoms with Gasteiger partial charge < -0.3 is 14.8 Å². The number of hydrogen-bond donors (Lipinski definition) is 1. The van der Waals surface area contributed by atoms with E-state index in [1.54, 1.807) is 20.4 Å². The van der Waals surface area contributed by atoms with Crippen LogP contribution in [0, 0.1) is 0 Å². The molecule has 0 atom stereocenters. The molecule has 106 valence electrons. The molecule has 2 rings (SSSR count). The first-order valence-electron chi connectivity index (χ1n) is 6.25. The zero-order valence-corrected chi connectivity index (χ0v) is 13.1. The number of halogens is 1. The molecular weight excluding hydrogens is 320 g/mol. The van der Waals surface area contributed by atoms with E-state index in [4.69, 9.17) is 9.47 Å². The highest BCUT2D eigenvalue weighted by molar-refractivity contribution is 9.10. The van der Waals surface area contributed by atoms with E-state index in [2.05, 4.69) is 26.2 Å². The lowest BCUT2D eigenvalue weighted by molar-refractivity contribution is 0.354. The zero-order valence-electron chi connectivity index (χ0n) is 11.5. The van der Waals surface area contributed by atoms with Crippen LogP contribution in [-0.4, -0.2) is 19.2 Å². The average Bonchev–Trinajstić information content (AvgIpc) is 2.49. The Bertz CT molecular complexity index is 558. The molecule has 0 fully saturated rings. The molecule has 0 spiro atoms. The minimum absolute atomic E-state index is 0.724. The van der Waals surface area contributed by atoms with Gasteiger partial charge in [0.1, 0.15) is 0 Å². The van der Waals surface area contributed by atoms with E-state index in [1.165, 1.54) is 0 Å². The van der Waals surface area contributed by atoms with Crippen molar-refractivity contribution < 1.29 is 9.47 Å². The van der Waals surface area contributed by atoms with Crippen molar-refractivity contribution in [3.8, 4) is 11.5 Å². The first kappa shape index (κ1) is 14.8. The molecule has 1 aromatic carbocycles. The summed E-state index contributed by atoms with van der Waals surface area (Å²) in [7, 11) is 3.27. The Morgan fingerprint density at radius 2 is 1.85 bits per heavy atom. The van der Waals surface area contributed by atoms with Crippen LogP contribution in [0.5, 0.6) is 11.5 Å². The monoisotopic (exact) mass is 336 g/mol. The second kappa shape index (κ2) is 7.26. The fourth-order valence-electron chi connectivity index (χ4n) is 1.84. The molecule has 0 radical (unpaired) electrons. The van der Waals surface area contributed by atoms with E-state index in [-0.39, 0.29) is 0 Å². The molecule has 0 aliphatic rings. The largest absolute Gasteiger partial charge is 0.493 e. The molecule has 0 unspecified atom stereocenters. The van der Waals surface area contributed by atoms with Crippen molar-refractivity contribution in [3.05, 3.63) is 52.3 Å². The summed E-state index contributed by atoms with van der Waals surface area (Å²) in [5.74, 6) is 1.49. The molecule has 0 aliphatic carbocycles. The molecule has 2 aromatic rings. The second-order valence-electron chi connectivity index (χ2n) is 4.26. The fraction of sp³-hybridized carbons (Fsp3) is 0.267. The number of aromatic nitrogens is 1. The summed E-state index contributed by atoms with van der Waals surface area (Å²) in [6.45, 7) is 1.47. The highest BCUT2D eigenvalue weighted by Crippen LogP contribution is 2.27. The van der Waals surface area contributed by atoms with Crippen molar-refractivity contribution >= 4 is 15.9 Å². The van der Waals surface area contributed by atoms with Gasteiger partial charge in [-0.25, -0.2) is 0 Å². The summed E-state index contributed by atoms with van der Waals surface area (Å²) in [5, 5.41) is 3.35. The Hall–Kier alpha value is -1.59. The Morgan fingerprint density at radius 1 is 1.05 bits per heavy atom. The topological polar surface area (TPSA) is 43.4 Å². The van der Waals surface area contributed by atoms with Crippen molar-refractivity contribution in [2.75, 3.05) is 14.2 Å². The maximum Gasteiger partial charge on any atom is 0.161 e. The highest BCUT2D eigenvalue weighted by atomic mass is 79.9. The molecule has 4 nitrogen and oxygen atoms in total. The molecule has 0 bridgehead atoms. The van der Waals surface area contributed by atoms with E-state index in [0.717, 1.165) is 40.3 Å². The number of benzene rings is 1. The third-order valence-electron chi connectivity index (χ3n) is 2.87. The maximum atomic E-state index is 5.28. The number of ether oxygens (including phenoxy) is 2. The van der Waals surface area contributed by atoms with Gasteiger partial charge in [-0.1, -0.05) is 6.07 Å². The molecule has 0 aliphatic heterocycles. The van der Waals surface area contributed by atoms with Crippen LogP contribution in [0.25, 0.3) is 0 Å². The molecule has 20 heavy (non-hydrogen) atoms. The Kier molecular flexibility index (Phi) is 5.38. The van der Waals surface area contributed by atoms with Crippen LogP contribution in [0.4, 0.5) is 0 Å². The van der Waals surface area contributed by atoms with Gasteiger partial charge in [0.15, 0.2) is 11.5 Å². The van der Waals surface area contributed by atoms with E-state index < -0.39 is 0 Å². The van der Waals surface area contributed by atoms with Gasteiger partial charge in [-0.05, 0) is 45.8 Å². The van der Waals surface area contributed by atoms with Crippen molar-refractivity contribution in [3.63, 3.8) is 0 Å². The van der Waals surface area contributed by atoms with Crippen molar-refractivity contribution in [2.24, 2.45) is 0 Å².